The van der Waals surface area contributed by atoms with Gasteiger partial charge in [-0.2, -0.15) is 0 Å². The number of ether oxygens (including phenoxy) is 1. The first-order valence-corrected chi connectivity index (χ1v) is 9.49. The van der Waals surface area contributed by atoms with Crippen LogP contribution in [-0.4, -0.2) is 22.7 Å². The number of nitrogens with zero attached hydrogens (tertiary/aromatic N) is 2. The summed E-state index contributed by atoms with van der Waals surface area (Å²) in [6.07, 6.45) is 4.93. The fourth-order valence-electron chi connectivity index (χ4n) is 3.77. The number of allylic oxidation sites excluding steroid dienone is 2. The molecular weight excluding hydrogens is 388 g/mol. The normalized spacial score (nSPS) is 20.2. The Hall–Kier alpha value is -3.81. The molecule has 4 rings (SSSR count). The number of hydrogen-bond donors (Lipinski definition) is 0. The Morgan fingerprint density at radius 2 is 1.67 bits per heavy atom. The highest BCUT2D eigenvalue weighted by Gasteiger charge is 2.47. The molecule has 2 aliphatic rings. The summed E-state index contributed by atoms with van der Waals surface area (Å²) in [5.74, 6) is -1.80. The van der Waals surface area contributed by atoms with Crippen molar-refractivity contribution in [2.45, 2.75) is 19.4 Å². The summed E-state index contributed by atoms with van der Waals surface area (Å²) in [5, 5.41) is 10.7. The van der Waals surface area contributed by atoms with Gasteiger partial charge >= 0.3 is 5.97 Å². The summed E-state index contributed by atoms with van der Waals surface area (Å²) in [7, 11) is 0. The topological polar surface area (TPSA) is 107 Å². The van der Waals surface area contributed by atoms with Gasteiger partial charge < -0.3 is 4.74 Å². The number of fused-ring (bicyclic) bond motifs is 1. The molecule has 0 spiro atoms. The summed E-state index contributed by atoms with van der Waals surface area (Å²) in [4.78, 5) is 49.2. The van der Waals surface area contributed by atoms with Crippen molar-refractivity contribution in [2.75, 3.05) is 4.90 Å². The van der Waals surface area contributed by atoms with Crippen LogP contribution >= 0.6 is 0 Å². The molecule has 30 heavy (non-hydrogen) atoms. The van der Waals surface area contributed by atoms with Gasteiger partial charge in [-0.15, -0.1) is 0 Å². The fraction of sp³-hybridized carbons (Fsp3) is 0.227. The zero-order valence-electron chi connectivity index (χ0n) is 15.9. The van der Waals surface area contributed by atoms with Gasteiger partial charge in [0.15, 0.2) is 0 Å². The lowest BCUT2D eigenvalue weighted by Crippen LogP contribution is -2.31. The van der Waals surface area contributed by atoms with E-state index < -0.39 is 10.9 Å². The number of hydrogen-bond acceptors (Lipinski definition) is 6. The summed E-state index contributed by atoms with van der Waals surface area (Å²) in [5.41, 5.74) is 1.12. The molecule has 1 saturated heterocycles. The summed E-state index contributed by atoms with van der Waals surface area (Å²) in [6, 6.07) is 11.9. The van der Waals surface area contributed by atoms with Crippen LogP contribution in [0.1, 0.15) is 28.8 Å². The predicted molar refractivity (Wildman–Crippen MR) is 107 cm³/mol. The van der Waals surface area contributed by atoms with E-state index in [1.165, 1.54) is 30.3 Å². The molecule has 0 N–H and O–H groups in total. The second-order valence-electron chi connectivity index (χ2n) is 7.22. The number of esters is 1. The van der Waals surface area contributed by atoms with E-state index in [0.717, 1.165) is 4.90 Å². The molecule has 1 heterocycles. The van der Waals surface area contributed by atoms with Crippen molar-refractivity contribution in [1.29, 1.82) is 0 Å². The molecular formula is C22H18N2O6. The summed E-state index contributed by atoms with van der Waals surface area (Å²) >= 11 is 0. The van der Waals surface area contributed by atoms with Gasteiger partial charge in [-0.05, 0) is 48.7 Å². The van der Waals surface area contributed by atoms with Crippen LogP contribution in [0.15, 0.2) is 60.7 Å². The maximum Gasteiger partial charge on any atom is 0.338 e. The first-order valence-electron chi connectivity index (χ1n) is 9.49. The number of imide groups is 1. The highest BCUT2D eigenvalue weighted by molar-refractivity contribution is 6.22. The van der Waals surface area contributed by atoms with Crippen LogP contribution in [0.4, 0.5) is 11.4 Å². The van der Waals surface area contributed by atoms with Crippen molar-refractivity contribution in [3.63, 3.8) is 0 Å². The van der Waals surface area contributed by atoms with Crippen molar-refractivity contribution in [1.82, 2.24) is 0 Å². The second kappa shape index (κ2) is 7.90. The fourth-order valence-corrected chi connectivity index (χ4v) is 3.77. The minimum Gasteiger partial charge on any atom is -0.457 e. The maximum atomic E-state index is 12.7. The van der Waals surface area contributed by atoms with Gasteiger partial charge in [0, 0.05) is 12.1 Å². The first kappa shape index (κ1) is 19.5. The Balaban J connectivity index is 1.46. The zero-order chi connectivity index (χ0) is 21.3. The first-order chi connectivity index (χ1) is 14.5. The van der Waals surface area contributed by atoms with Crippen LogP contribution in [0, 0.1) is 22.0 Å². The van der Waals surface area contributed by atoms with E-state index in [1.807, 2.05) is 12.2 Å². The van der Waals surface area contributed by atoms with Crippen LogP contribution in [0.3, 0.4) is 0 Å². The van der Waals surface area contributed by atoms with E-state index in [9.17, 15) is 24.5 Å². The van der Waals surface area contributed by atoms with E-state index in [4.69, 9.17) is 4.74 Å². The molecule has 0 unspecified atom stereocenters. The second-order valence-corrected chi connectivity index (χ2v) is 7.22. The number of amides is 2. The number of nitro groups is 1. The van der Waals surface area contributed by atoms with E-state index in [1.54, 1.807) is 18.2 Å². The molecule has 2 aromatic rings. The highest BCUT2D eigenvalue weighted by atomic mass is 16.6. The van der Waals surface area contributed by atoms with E-state index in [0.29, 0.717) is 24.1 Å². The van der Waals surface area contributed by atoms with Crippen LogP contribution in [0.25, 0.3) is 0 Å². The number of rotatable bonds is 5. The van der Waals surface area contributed by atoms with Gasteiger partial charge in [0.2, 0.25) is 11.8 Å². The number of carbonyl (C=O) groups is 3. The molecule has 8 nitrogen and oxygen atoms in total. The monoisotopic (exact) mass is 406 g/mol. The average molecular weight is 406 g/mol. The van der Waals surface area contributed by atoms with Gasteiger partial charge in [-0.3, -0.25) is 24.6 Å². The molecule has 1 aliphatic heterocycles. The van der Waals surface area contributed by atoms with Crippen molar-refractivity contribution >= 4 is 29.2 Å². The van der Waals surface area contributed by atoms with Crippen LogP contribution in [0.5, 0.6) is 0 Å². The lowest BCUT2D eigenvalue weighted by atomic mass is 9.85. The third kappa shape index (κ3) is 3.59. The predicted octanol–water partition coefficient (Wildman–Crippen LogP) is 3.41. The van der Waals surface area contributed by atoms with Crippen molar-refractivity contribution in [3.8, 4) is 0 Å². The lowest BCUT2D eigenvalue weighted by molar-refractivity contribution is -0.384. The largest absolute Gasteiger partial charge is 0.457 e. The van der Waals surface area contributed by atoms with Gasteiger partial charge in [0.1, 0.15) is 6.61 Å². The van der Waals surface area contributed by atoms with Gasteiger partial charge in [0.25, 0.3) is 5.69 Å². The van der Waals surface area contributed by atoms with Crippen LogP contribution in [-0.2, 0) is 20.9 Å². The lowest BCUT2D eigenvalue weighted by Gasteiger charge is -2.15. The molecule has 0 radical (unpaired) electrons. The molecule has 152 valence electrons. The minimum absolute atomic E-state index is 0.0477. The van der Waals surface area contributed by atoms with E-state index in [2.05, 4.69) is 0 Å². The third-order valence-corrected chi connectivity index (χ3v) is 5.36. The minimum atomic E-state index is -0.617. The number of non-ortho nitro benzene ring substituents is 1. The third-order valence-electron chi connectivity index (χ3n) is 5.36. The Bertz CT molecular complexity index is 1030. The molecule has 0 saturated carbocycles. The Labute approximate surface area is 171 Å². The molecule has 2 aromatic carbocycles. The number of benzene rings is 2. The number of anilines is 1. The maximum absolute atomic E-state index is 12.7. The van der Waals surface area contributed by atoms with Crippen molar-refractivity contribution in [3.05, 3.63) is 81.9 Å². The van der Waals surface area contributed by atoms with E-state index >= 15 is 0 Å². The standard InChI is InChI=1S/C22H18N2O6/c25-20-18-6-1-2-7-19(18)21(26)23(20)17-5-3-4-15(12-17)22(27)30-13-14-8-10-16(11-9-14)24(28)29/h1-5,8-12,18-19H,6-7,13H2/t18-,19-/m1/s1. The molecule has 8 heteroatoms. The van der Waals surface area contributed by atoms with Crippen molar-refractivity contribution in [2.24, 2.45) is 11.8 Å². The average Bonchev–Trinajstić information content (AvgIpc) is 3.03. The SMILES string of the molecule is O=C(OCc1ccc([N+](=O)[O-])cc1)c1cccc(N2C(=O)[C@@H]3CC=CC[C@H]3C2=O)c1. The van der Waals surface area contributed by atoms with Gasteiger partial charge in [-0.1, -0.05) is 18.2 Å². The van der Waals surface area contributed by atoms with E-state index in [-0.39, 0.29) is 41.5 Å². The molecule has 0 aromatic heterocycles. The zero-order valence-corrected chi connectivity index (χ0v) is 15.9. The summed E-state index contributed by atoms with van der Waals surface area (Å²) in [6.45, 7) is -0.0571. The Morgan fingerprint density at radius 1 is 1.03 bits per heavy atom. The molecule has 1 fully saturated rings. The molecule has 1 aliphatic carbocycles. The van der Waals surface area contributed by atoms with Crippen LogP contribution < -0.4 is 4.90 Å². The highest BCUT2D eigenvalue weighted by Crippen LogP contribution is 2.37. The molecule has 0 bridgehead atoms. The smallest absolute Gasteiger partial charge is 0.338 e. The van der Waals surface area contributed by atoms with Gasteiger partial charge in [-0.25, -0.2) is 4.79 Å². The van der Waals surface area contributed by atoms with Gasteiger partial charge in [0.05, 0.1) is 28.0 Å². The quantitative estimate of drug-likeness (QED) is 0.248. The molecule has 2 amide bonds. The summed E-state index contributed by atoms with van der Waals surface area (Å²) < 4.78 is 5.27. The van der Waals surface area contributed by atoms with Crippen molar-refractivity contribution < 1.29 is 24.0 Å². The van der Waals surface area contributed by atoms with Crippen LogP contribution in [0.2, 0.25) is 0 Å². The Morgan fingerprint density at radius 3 is 2.27 bits per heavy atom. The number of nitro benzene ring substituents is 1. The molecule has 2 atom stereocenters. The Kier molecular flexibility index (Phi) is 5.14. The number of carbonyl (C=O) groups excluding carboxylic acids is 3.